The summed E-state index contributed by atoms with van der Waals surface area (Å²) in [6.07, 6.45) is -5.42. The third kappa shape index (κ3) is 2.17. The molecular weight excluding hydrogens is 263 g/mol. The Labute approximate surface area is 105 Å². The number of carbonyl (C=O) groups is 1. The van der Waals surface area contributed by atoms with Gasteiger partial charge in [-0.2, -0.15) is 13.2 Å². The zero-order chi connectivity index (χ0) is 14.4. The first-order valence-corrected chi connectivity index (χ1v) is 5.29. The third-order valence-electron chi connectivity index (χ3n) is 2.88. The van der Waals surface area contributed by atoms with E-state index in [-0.39, 0.29) is 16.5 Å². The summed E-state index contributed by atoms with van der Waals surface area (Å²) < 4.78 is 40.2. The predicted molar refractivity (Wildman–Crippen MR) is 60.5 cm³/mol. The van der Waals surface area contributed by atoms with Gasteiger partial charge in [0.25, 0.3) is 0 Å². The lowest BCUT2D eigenvalue weighted by atomic mass is 10.0. The van der Waals surface area contributed by atoms with Crippen LogP contribution in [0.1, 0.15) is 17.2 Å². The highest BCUT2D eigenvalue weighted by Crippen LogP contribution is 2.38. The summed E-state index contributed by atoms with van der Waals surface area (Å²) in [7, 11) is 1.49. The van der Waals surface area contributed by atoms with Crippen LogP contribution in [0.4, 0.5) is 13.2 Å². The monoisotopic (exact) mass is 273 g/mol. The molecule has 1 aromatic carbocycles. The summed E-state index contributed by atoms with van der Waals surface area (Å²) >= 11 is 0. The van der Waals surface area contributed by atoms with E-state index in [1.807, 2.05) is 0 Å². The number of aliphatic carboxylic acids is 1. The van der Waals surface area contributed by atoms with Crippen molar-refractivity contribution in [3.05, 3.63) is 35.5 Å². The second-order valence-electron chi connectivity index (χ2n) is 4.13. The van der Waals surface area contributed by atoms with Crippen molar-refractivity contribution in [1.29, 1.82) is 0 Å². The highest BCUT2D eigenvalue weighted by Gasteiger charge is 2.35. The molecule has 1 aromatic heterocycles. The van der Waals surface area contributed by atoms with Crippen LogP contribution in [0, 0.1) is 0 Å². The zero-order valence-corrected chi connectivity index (χ0v) is 9.77. The van der Waals surface area contributed by atoms with Gasteiger partial charge in [0.15, 0.2) is 6.10 Å². The number of hydrogen-bond donors (Lipinski definition) is 2. The van der Waals surface area contributed by atoms with Crippen LogP contribution in [0.3, 0.4) is 0 Å². The molecule has 0 amide bonds. The fourth-order valence-corrected chi connectivity index (χ4v) is 2.06. The quantitative estimate of drug-likeness (QED) is 0.882. The lowest BCUT2D eigenvalue weighted by Gasteiger charge is -2.11. The number of fused-ring (bicyclic) bond motifs is 1. The van der Waals surface area contributed by atoms with Gasteiger partial charge in [-0.05, 0) is 12.1 Å². The normalized spacial score (nSPS) is 13.7. The highest BCUT2D eigenvalue weighted by atomic mass is 19.4. The number of aryl methyl sites for hydroxylation is 1. The first kappa shape index (κ1) is 13.4. The second kappa shape index (κ2) is 4.27. The molecule has 0 fully saturated rings. The van der Waals surface area contributed by atoms with Crippen LogP contribution >= 0.6 is 0 Å². The van der Waals surface area contributed by atoms with E-state index in [1.54, 1.807) is 0 Å². The summed E-state index contributed by atoms with van der Waals surface area (Å²) in [4.78, 5) is 10.8. The Kier molecular flexibility index (Phi) is 3.01. The Morgan fingerprint density at radius 3 is 2.53 bits per heavy atom. The van der Waals surface area contributed by atoms with E-state index < -0.39 is 23.8 Å². The molecule has 0 aliphatic heterocycles. The number of carboxylic acids is 1. The molecule has 0 saturated heterocycles. The summed E-state index contributed by atoms with van der Waals surface area (Å²) in [5, 5.41) is 18.0. The molecule has 0 spiro atoms. The van der Waals surface area contributed by atoms with Crippen LogP contribution in [0.15, 0.2) is 24.4 Å². The third-order valence-corrected chi connectivity index (χ3v) is 2.88. The van der Waals surface area contributed by atoms with E-state index in [1.165, 1.54) is 29.9 Å². The number of aromatic nitrogens is 1. The van der Waals surface area contributed by atoms with Gasteiger partial charge in [-0.1, -0.05) is 6.07 Å². The van der Waals surface area contributed by atoms with Gasteiger partial charge in [-0.25, -0.2) is 4.79 Å². The first-order valence-electron chi connectivity index (χ1n) is 5.29. The summed E-state index contributed by atoms with van der Waals surface area (Å²) in [5.74, 6) is -1.59. The average molecular weight is 273 g/mol. The summed E-state index contributed by atoms with van der Waals surface area (Å²) in [5.41, 5.74) is -1.01. The van der Waals surface area contributed by atoms with Crippen molar-refractivity contribution in [1.82, 2.24) is 4.57 Å². The van der Waals surface area contributed by atoms with Gasteiger partial charge in [-0.15, -0.1) is 0 Å². The van der Waals surface area contributed by atoms with Gasteiger partial charge in [0, 0.05) is 29.7 Å². The number of rotatable bonds is 2. The Hall–Kier alpha value is -2.02. The lowest BCUT2D eigenvalue weighted by Crippen LogP contribution is -2.12. The van der Waals surface area contributed by atoms with Crippen LogP contribution in [0.25, 0.3) is 10.9 Å². The Balaban J connectivity index is 2.83. The van der Waals surface area contributed by atoms with Crippen molar-refractivity contribution in [3.8, 4) is 0 Å². The molecule has 0 aliphatic rings. The maximum absolute atomic E-state index is 12.9. The molecule has 102 valence electrons. The van der Waals surface area contributed by atoms with E-state index >= 15 is 0 Å². The van der Waals surface area contributed by atoms with Crippen LogP contribution in [0.2, 0.25) is 0 Å². The number of nitrogens with zero attached hydrogens (tertiary/aromatic N) is 1. The second-order valence-corrected chi connectivity index (χ2v) is 4.13. The minimum absolute atomic E-state index is 0.213. The Morgan fingerprint density at radius 1 is 1.37 bits per heavy atom. The maximum atomic E-state index is 12.9. The molecule has 0 bridgehead atoms. The topological polar surface area (TPSA) is 62.5 Å². The molecule has 7 heteroatoms. The van der Waals surface area contributed by atoms with Crippen LogP contribution in [-0.4, -0.2) is 20.7 Å². The largest absolute Gasteiger partial charge is 0.479 e. The van der Waals surface area contributed by atoms with E-state index in [2.05, 4.69) is 0 Å². The van der Waals surface area contributed by atoms with Gasteiger partial charge < -0.3 is 14.8 Å². The van der Waals surface area contributed by atoms with Crippen molar-refractivity contribution in [2.24, 2.45) is 7.05 Å². The summed E-state index contributed by atoms with van der Waals surface area (Å²) in [6, 6.07) is 3.53. The van der Waals surface area contributed by atoms with Gasteiger partial charge in [0.1, 0.15) is 0 Å². The van der Waals surface area contributed by atoms with Crippen molar-refractivity contribution in [2.75, 3.05) is 0 Å². The van der Waals surface area contributed by atoms with Crippen LogP contribution in [0.5, 0.6) is 0 Å². The Bertz CT molecular complexity index is 645. The van der Waals surface area contributed by atoms with Crippen molar-refractivity contribution >= 4 is 16.9 Å². The van der Waals surface area contributed by atoms with Gasteiger partial charge in [-0.3, -0.25) is 0 Å². The zero-order valence-electron chi connectivity index (χ0n) is 9.77. The molecule has 4 nitrogen and oxygen atoms in total. The number of halogens is 3. The Morgan fingerprint density at radius 2 is 2.00 bits per heavy atom. The van der Waals surface area contributed by atoms with Gasteiger partial charge >= 0.3 is 12.1 Å². The molecule has 2 aromatic rings. The van der Waals surface area contributed by atoms with E-state index in [0.717, 1.165) is 6.07 Å². The van der Waals surface area contributed by atoms with Crippen LogP contribution in [-0.2, 0) is 18.0 Å². The smallest absolute Gasteiger partial charge is 0.417 e. The van der Waals surface area contributed by atoms with E-state index in [9.17, 15) is 23.1 Å². The van der Waals surface area contributed by atoms with Crippen molar-refractivity contribution in [2.45, 2.75) is 12.3 Å². The molecule has 19 heavy (non-hydrogen) atoms. The lowest BCUT2D eigenvalue weighted by molar-refractivity contribution is -0.147. The molecular formula is C12H10F3NO3. The number of aliphatic hydroxyl groups is 1. The summed E-state index contributed by atoms with van der Waals surface area (Å²) in [6.45, 7) is 0. The van der Waals surface area contributed by atoms with E-state index in [0.29, 0.717) is 0 Å². The van der Waals surface area contributed by atoms with E-state index in [4.69, 9.17) is 5.11 Å². The standard InChI is InChI=1S/C12H10F3NO3/c1-16-5-6(10(17)11(18)19)9-7(12(13,14)15)3-2-4-8(9)16/h2-5,10,17H,1H3,(H,18,19). The molecule has 2 rings (SSSR count). The molecule has 0 saturated carbocycles. The maximum Gasteiger partial charge on any atom is 0.417 e. The molecule has 0 aliphatic carbocycles. The minimum Gasteiger partial charge on any atom is -0.479 e. The fourth-order valence-electron chi connectivity index (χ4n) is 2.06. The van der Waals surface area contributed by atoms with Gasteiger partial charge in [0.05, 0.1) is 5.56 Å². The molecule has 2 N–H and O–H groups in total. The van der Waals surface area contributed by atoms with Gasteiger partial charge in [0.2, 0.25) is 0 Å². The molecule has 1 unspecified atom stereocenters. The van der Waals surface area contributed by atoms with Crippen LogP contribution < -0.4 is 0 Å². The molecule has 0 radical (unpaired) electrons. The number of hydrogen-bond acceptors (Lipinski definition) is 2. The predicted octanol–water partition coefficient (Wildman–Crippen LogP) is 2.32. The molecule has 1 heterocycles. The average Bonchev–Trinajstić information content (AvgIpc) is 2.64. The number of aliphatic hydroxyl groups excluding tert-OH is 1. The van der Waals surface area contributed by atoms with Crippen molar-refractivity contribution < 1.29 is 28.2 Å². The fraction of sp³-hybridized carbons (Fsp3) is 0.250. The molecule has 1 atom stereocenters. The highest BCUT2D eigenvalue weighted by molar-refractivity contribution is 5.91. The minimum atomic E-state index is -4.62. The SMILES string of the molecule is Cn1cc(C(O)C(=O)O)c2c(C(F)(F)F)cccc21. The van der Waals surface area contributed by atoms with Crippen molar-refractivity contribution in [3.63, 3.8) is 0 Å². The first-order chi connectivity index (χ1) is 8.73. The number of carboxylic acid groups (broad SMARTS) is 1. The number of alkyl halides is 3. The number of benzene rings is 1.